The summed E-state index contributed by atoms with van der Waals surface area (Å²) in [5.41, 5.74) is 0. The molecule has 0 heterocycles. The maximum absolute atomic E-state index is 13.5. The monoisotopic (exact) mass is 291 g/mol. The van der Waals surface area contributed by atoms with Crippen LogP contribution in [0.2, 0.25) is 0 Å². The van der Waals surface area contributed by atoms with Crippen LogP contribution in [0.25, 0.3) is 0 Å². The Hall–Kier alpha value is -1.18. The summed E-state index contributed by atoms with van der Waals surface area (Å²) in [5.74, 6) is -0.748. The fourth-order valence-electron chi connectivity index (χ4n) is 1.60. The molecular formula is C12H18FNO4S. The molecule has 0 amide bonds. The summed E-state index contributed by atoms with van der Waals surface area (Å²) in [6.07, 6.45) is 0.854. The summed E-state index contributed by atoms with van der Waals surface area (Å²) in [7, 11) is -2.49. The Morgan fingerprint density at radius 1 is 1.47 bits per heavy atom. The van der Waals surface area contributed by atoms with E-state index in [1.165, 1.54) is 19.2 Å². The molecule has 19 heavy (non-hydrogen) atoms. The van der Waals surface area contributed by atoms with Gasteiger partial charge in [-0.25, -0.2) is 17.5 Å². The molecule has 7 heteroatoms. The van der Waals surface area contributed by atoms with Crippen molar-refractivity contribution in [2.45, 2.75) is 30.7 Å². The highest BCUT2D eigenvalue weighted by Gasteiger charge is 2.20. The summed E-state index contributed by atoms with van der Waals surface area (Å²) in [6.45, 7) is 1.69. The van der Waals surface area contributed by atoms with Crippen molar-refractivity contribution in [3.8, 4) is 5.75 Å². The Morgan fingerprint density at radius 3 is 2.63 bits per heavy atom. The molecule has 1 aromatic carbocycles. The number of halogens is 1. The molecule has 0 radical (unpaired) electrons. The third-order valence-corrected chi connectivity index (χ3v) is 4.24. The Morgan fingerprint density at radius 2 is 2.16 bits per heavy atom. The van der Waals surface area contributed by atoms with Gasteiger partial charge in [0.2, 0.25) is 10.0 Å². The SMILES string of the molecule is CCC(CCO)NS(=O)(=O)c1ccc(OC)c(F)c1. The second kappa shape index (κ2) is 6.83. The summed E-state index contributed by atoms with van der Waals surface area (Å²) in [5, 5.41) is 8.84. The average Bonchev–Trinajstić information content (AvgIpc) is 2.37. The lowest BCUT2D eigenvalue weighted by Crippen LogP contribution is -2.35. The van der Waals surface area contributed by atoms with Crippen molar-refractivity contribution >= 4 is 10.0 Å². The maximum atomic E-state index is 13.5. The normalized spacial score (nSPS) is 13.3. The minimum atomic E-state index is -3.80. The van der Waals surface area contributed by atoms with Gasteiger partial charge in [-0.1, -0.05) is 6.92 Å². The fraction of sp³-hybridized carbons (Fsp3) is 0.500. The second-order valence-corrected chi connectivity index (χ2v) is 5.75. The van der Waals surface area contributed by atoms with Gasteiger partial charge in [0.25, 0.3) is 0 Å². The van der Waals surface area contributed by atoms with Crippen molar-refractivity contribution in [2.24, 2.45) is 0 Å². The van der Waals surface area contributed by atoms with Gasteiger partial charge in [0.05, 0.1) is 12.0 Å². The molecule has 0 aliphatic rings. The van der Waals surface area contributed by atoms with Gasteiger partial charge in [-0.05, 0) is 31.0 Å². The Balaban J connectivity index is 2.96. The van der Waals surface area contributed by atoms with E-state index in [0.29, 0.717) is 12.8 Å². The number of methoxy groups -OCH3 is 1. The minimum Gasteiger partial charge on any atom is -0.494 e. The molecule has 0 spiro atoms. The van der Waals surface area contributed by atoms with Gasteiger partial charge < -0.3 is 9.84 Å². The number of benzene rings is 1. The van der Waals surface area contributed by atoms with Crippen LogP contribution in [0.5, 0.6) is 5.75 Å². The van der Waals surface area contributed by atoms with Crippen molar-refractivity contribution in [3.63, 3.8) is 0 Å². The number of aliphatic hydroxyl groups is 1. The number of nitrogens with one attached hydrogen (secondary N) is 1. The maximum Gasteiger partial charge on any atom is 0.240 e. The zero-order valence-corrected chi connectivity index (χ0v) is 11.7. The molecule has 1 atom stereocenters. The zero-order chi connectivity index (χ0) is 14.5. The summed E-state index contributed by atoms with van der Waals surface area (Å²) < 4.78 is 44.7. The van der Waals surface area contributed by atoms with E-state index in [-0.39, 0.29) is 23.3 Å². The first-order valence-electron chi connectivity index (χ1n) is 5.91. The molecule has 0 saturated heterocycles. The van der Waals surface area contributed by atoms with Crippen LogP contribution in [-0.4, -0.2) is 33.3 Å². The summed E-state index contributed by atoms with van der Waals surface area (Å²) >= 11 is 0. The molecule has 0 aliphatic carbocycles. The van der Waals surface area contributed by atoms with E-state index >= 15 is 0 Å². The van der Waals surface area contributed by atoms with Gasteiger partial charge in [0.1, 0.15) is 0 Å². The predicted molar refractivity (Wildman–Crippen MR) is 69.1 cm³/mol. The van der Waals surface area contributed by atoms with Gasteiger partial charge >= 0.3 is 0 Å². The van der Waals surface area contributed by atoms with E-state index < -0.39 is 15.8 Å². The molecule has 0 aliphatic heterocycles. The fourth-order valence-corrected chi connectivity index (χ4v) is 2.97. The van der Waals surface area contributed by atoms with Crippen LogP contribution in [0.3, 0.4) is 0 Å². The van der Waals surface area contributed by atoms with Gasteiger partial charge in [0.15, 0.2) is 11.6 Å². The van der Waals surface area contributed by atoms with E-state index in [9.17, 15) is 12.8 Å². The Bertz CT molecular complexity index is 518. The summed E-state index contributed by atoms with van der Waals surface area (Å²) in [4.78, 5) is -0.165. The van der Waals surface area contributed by atoms with Gasteiger partial charge in [-0.15, -0.1) is 0 Å². The highest BCUT2D eigenvalue weighted by atomic mass is 32.2. The zero-order valence-electron chi connectivity index (χ0n) is 10.9. The molecule has 0 fully saturated rings. The van der Waals surface area contributed by atoms with E-state index in [2.05, 4.69) is 4.72 Å². The number of hydrogen-bond acceptors (Lipinski definition) is 4. The van der Waals surface area contributed by atoms with Crippen LogP contribution in [0.15, 0.2) is 23.1 Å². The molecule has 1 rings (SSSR count). The lowest BCUT2D eigenvalue weighted by molar-refractivity contribution is 0.270. The van der Waals surface area contributed by atoms with Crippen molar-refractivity contribution in [1.82, 2.24) is 4.72 Å². The van der Waals surface area contributed by atoms with Crippen LogP contribution in [-0.2, 0) is 10.0 Å². The summed E-state index contributed by atoms with van der Waals surface area (Å²) in [6, 6.07) is 3.07. The number of rotatable bonds is 7. The third-order valence-electron chi connectivity index (χ3n) is 2.73. The first-order chi connectivity index (χ1) is 8.94. The predicted octanol–water partition coefficient (Wildman–Crippen LogP) is 1.27. The average molecular weight is 291 g/mol. The molecule has 108 valence electrons. The molecule has 1 aromatic rings. The van der Waals surface area contributed by atoms with Gasteiger partial charge in [-0.3, -0.25) is 0 Å². The molecule has 0 aromatic heterocycles. The van der Waals surface area contributed by atoms with Gasteiger partial charge in [0, 0.05) is 12.6 Å². The minimum absolute atomic E-state index is 0.0126. The number of ether oxygens (including phenoxy) is 1. The number of sulfonamides is 1. The van der Waals surface area contributed by atoms with Crippen LogP contribution in [0.4, 0.5) is 4.39 Å². The lowest BCUT2D eigenvalue weighted by atomic mass is 10.2. The van der Waals surface area contributed by atoms with Crippen LogP contribution < -0.4 is 9.46 Å². The number of aliphatic hydroxyl groups excluding tert-OH is 1. The molecule has 1 unspecified atom stereocenters. The lowest BCUT2D eigenvalue weighted by Gasteiger charge is -2.16. The van der Waals surface area contributed by atoms with Crippen LogP contribution in [0, 0.1) is 5.82 Å². The van der Waals surface area contributed by atoms with Crippen molar-refractivity contribution in [3.05, 3.63) is 24.0 Å². The molecule has 0 saturated carbocycles. The highest BCUT2D eigenvalue weighted by molar-refractivity contribution is 7.89. The van der Waals surface area contributed by atoms with Crippen LogP contribution >= 0.6 is 0 Å². The Labute approximate surface area is 112 Å². The van der Waals surface area contributed by atoms with Crippen molar-refractivity contribution < 1.29 is 22.7 Å². The van der Waals surface area contributed by atoms with Crippen molar-refractivity contribution in [1.29, 1.82) is 0 Å². The second-order valence-electron chi connectivity index (χ2n) is 4.04. The van der Waals surface area contributed by atoms with E-state index in [1.807, 2.05) is 0 Å². The topological polar surface area (TPSA) is 75.6 Å². The smallest absolute Gasteiger partial charge is 0.240 e. The van der Waals surface area contributed by atoms with E-state index in [0.717, 1.165) is 6.07 Å². The van der Waals surface area contributed by atoms with E-state index in [1.54, 1.807) is 6.92 Å². The quantitative estimate of drug-likeness (QED) is 0.793. The molecular weight excluding hydrogens is 273 g/mol. The molecule has 2 N–H and O–H groups in total. The van der Waals surface area contributed by atoms with Gasteiger partial charge in [-0.2, -0.15) is 0 Å². The van der Waals surface area contributed by atoms with E-state index in [4.69, 9.17) is 9.84 Å². The molecule has 0 bridgehead atoms. The first-order valence-corrected chi connectivity index (χ1v) is 7.39. The molecule has 5 nitrogen and oxygen atoms in total. The van der Waals surface area contributed by atoms with Crippen LogP contribution in [0.1, 0.15) is 19.8 Å². The highest BCUT2D eigenvalue weighted by Crippen LogP contribution is 2.21. The third kappa shape index (κ3) is 4.15. The number of hydrogen-bond donors (Lipinski definition) is 2. The Kier molecular flexibility index (Phi) is 5.71. The first kappa shape index (κ1) is 15.9. The van der Waals surface area contributed by atoms with Crippen molar-refractivity contribution in [2.75, 3.05) is 13.7 Å². The standard InChI is InChI=1S/C12H18FNO4S/c1-3-9(6-7-15)14-19(16,17)10-4-5-12(18-2)11(13)8-10/h4-5,8-9,14-15H,3,6-7H2,1-2H3. The largest absolute Gasteiger partial charge is 0.494 e.